The quantitative estimate of drug-likeness (QED) is 0.713. The van der Waals surface area contributed by atoms with Gasteiger partial charge in [0.2, 0.25) is 0 Å². The first-order valence-corrected chi connectivity index (χ1v) is 9.06. The predicted molar refractivity (Wildman–Crippen MR) is 97.3 cm³/mol. The zero-order chi connectivity index (χ0) is 17.4. The number of fused-ring (bicyclic) bond motifs is 1. The molecule has 3 heterocycles. The minimum absolute atomic E-state index is 0.0152. The smallest absolute Gasteiger partial charge is 0.274 e. The van der Waals surface area contributed by atoms with Crippen molar-refractivity contribution in [3.05, 3.63) is 80.4 Å². The van der Waals surface area contributed by atoms with Crippen LogP contribution in [0.1, 0.15) is 33.9 Å². The summed E-state index contributed by atoms with van der Waals surface area (Å²) in [7, 11) is 0. The van der Waals surface area contributed by atoms with Crippen molar-refractivity contribution in [2.75, 3.05) is 6.54 Å². The lowest BCUT2D eigenvalue weighted by Gasteiger charge is -2.33. The molecule has 1 amide bonds. The maximum Gasteiger partial charge on any atom is 0.274 e. The molecule has 0 N–H and O–H groups in total. The predicted octanol–water partition coefficient (Wildman–Crippen LogP) is 3.05. The van der Waals surface area contributed by atoms with Gasteiger partial charge in [0.05, 0.1) is 11.7 Å². The molecule has 6 heteroatoms. The number of benzene rings is 1. The van der Waals surface area contributed by atoms with Crippen molar-refractivity contribution in [3.8, 4) is 5.69 Å². The third kappa shape index (κ3) is 2.78. The highest BCUT2D eigenvalue weighted by Crippen LogP contribution is 2.33. The van der Waals surface area contributed by atoms with E-state index in [2.05, 4.69) is 16.5 Å². The van der Waals surface area contributed by atoms with Gasteiger partial charge in [0.25, 0.3) is 11.5 Å². The van der Waals surface area contributed by atoms with Gasteiger partial charge in [-0.25, -0.2) is 0 Å². The van der Waals surface area contributed by atoms with Crippen molar-refractivity contribution >= 4 is 17.2 Å². The fourth-order valence-electron chi connectivity index (χ4n) is 3.21. The molecule has 0 saturated heterocycles. The van der Waals surface area contributed by atoms with Crippen molar-refractivity contribution < 1.29 is 4.79 Å². The number of amides is 1. The van der Waals surface area contributed by atoms with Crippen molar-refractivity contribution in [1.82, 2.24) is 14.7 Å². The largest absolute Gasteiger partial charge is 0.330 e. The average Bonchev–Trinajstić information content (AvgIpc) is 3.12. The van der Waals surface area contributed by atoms with E-state index in [4.69, 9.17) is 0 Å². The Balaban J connectivity index is 1.69. The van der Waals surface area contributed by atoms with Crippen molar-refractivity contribution in [2.45, 2.75) is 19.4 Å². The highest BCUT2D eigenvalue weighted by molar-refractivity contribution is 7.10. The summed E-state index contributed by atoms with van der Waals surface area (Å²) in [5.74, 6) is -0.144. The molecule has 25 heavy (non-hydrogen) atoms. The van der Waals surface area contributed by atoms with E-state index in [0.29, 0.717) is 12.2 Å². The summed E-state index contributed by atoms with van der Waals surface area (Å²) in [6.07, 6.45) is 0.863. The molecule has 1 atom stereocenters. The summed E-state index contributed by atoms with van der Waals surface area (Å²) in [5.41, 5.74) is 1.89. The fraction of sp³-hybridized carbons (Fsp3) is 0.211. The average molecular weight is 351 g/mol. The van der Waals surface area contributed by atoms with E-state index in [-0.39, 0.29) is 23.2 Å². The Bertz CT molecular complexity index is 978. The molecule has 0 spiro atoms. The molecule has 1 aliphatic rings. The van der Waals surface area contributed by atoms with Crippen molar-refractivity contribution in [3.63, 3.8) is 0 Å². The molecule has 0 saturated carbocycles. The fourth-order valence-corrected chi connectivity index (χ4v) is 4.18. The van der Waals surface area contributed by atoms with E-state index in [9.17, 15) is 9.59 Å². The van der Waals surface area contributed by atoms with Crippen LogP contribution < -0.4 is 5.56 Å². The molecule has 2 aromatic heterocycles. The van der Waals surface area contributed by atoms with Crippen LogP contribution in [0.2, 0.25) is 0 Å². The van der Waals surface area contributed by atoms with E-state index < -0.39 is 0 Å². The van der Waals surface area contributed by atoms with Gasteiger partial charge >= 0.3 is 0 Å². The van der Waals surface area contributed by atoms with Crippen LogP contribution in [0.25, 0.3) is 5.69 Å². The Morgan fingerprint density at radius 3 is 2.76 bits per heavy atom. The molecule has 126 valence electrons. The van der Waals surface area contributed by atoms with Crippen LogP contribution >= 0.6 is 11.3 Å². The van der Waals surface area contributed by atoms with E-state index in [0.717, 1.165) is 6.42 Å². The maximum atomic E-state index is 13.0. The summed E-state index contributed by atoms with van der Waals surface area (Å²) in [5, 5.41) is 6.38. The lowest BCUT2D eigenvalue weighted by molar-refractivity contribution is 0.0671. The maximum absolute atomic E-state index is 13.0. The standard InChI is InChI=1S/C19H17N3O2S/c1-13-15-10-12-25-17(15)9-11-21(13)19(24)16-7-8-18(23)22(20-16)14-5-3-2-4-6-14/h2-8,10,12-13H,9,11H2,1H3. The number of carbonyl (C=O) groups excluding carboxylic acids is 1. The summed E-state index contributed by atoms with van der Waals surface area (Å²) >= 11 is 1.74. The van der Waals surface area contributed by atoms with E-state index >= 15 is 0 Å². The Morgan fingerprint density at radius 2 is 1.96 bits per heavy atom. The molecule has 1 unspecified atom stereocenters. The van der Waals surface area contributed by atoms with E-state index in [1.54, 1.807) is 23.5 Å². The van der Waals surface area contributed by atoms with E-state index in [1.165, 1.54) is 27.3 Å². The number of thiophene rings is 1. The Kier molecular flexibility index (Phi) is 3.97. The van der Waals surface area contributed by atoms with Gasteiger partial charge in [-0.05, 0) is 48.6 Å². The van der Waals surface area contributed by atoms with Crippen LogP contribution in [0.5, 0.6) is 0 Å². The first-order valence-electron chi connectivity index (χ1n) is 8.18. The van der Waals surface area contributed by atoms with Crippen LogP contribution in [0, 0.1) is 0 Å². The molecule has 0 fully saturated rings. The topological polar surface area (TPSA) is 55.2 Å². The van der Waals surface area contributed by atoms with Gasteiger partial charge in [-0.3, -0.25) is 9.59 Å². The molecule has 0 aliphatic carbocycles. The number of hydrogen-bond donors (Lipinski definition) is 0. The van der Waals surface area contributed by atoms with Crippen molar-refractivity contribution in [2.24, 2.45) is 0 Å². The number of carbonyl (C=O) groups is 1. The highest BCUT2D eigenvalue weighted by atomic mass is 32.1. The first-order chi connectivity index (χ1) is 12.1. The van der Waals surface area contributed by atoms with Crippen LogP contribution in [-0.2, 0) is 6.42 Å². The number of aromatic nitrogens is 2. The van der Waals surface area contributed by atoms with Crippen LogP contribution in [0.15, 0.2) is 58.7 Å². The normalized spacial score (nSPS) is 16.5. The number of nitrogens with zero attached hydrogens (tertiary/aromatic N) is 3. The molecule has 3 aromatic rings. The SMILES string of the molecule is CC1c2ccsc2CCN1C(=O)c1ccc(=O)n(-c2ccccc2)n1. The van der Waals surface area contributed by atoms with Gasteiger partial charge < -0.3 is 4.90 Å². The molecule has 0 radical (unpaired) electrons. The number of para-hydroxylation sites is 1. The minimum Gasteiger partial charge on any atom is -0.330 e. The number of rotatable bonds is 2. The van der Waals surface area contributed by atoms with Gasteiger partial charge in [-0.15, -0.1) is 11.3 Å². The van der Waals surface area contributed by atoms with E-state index in [1.807, 2.05) is 30.0 Å². The van der Waals surface area contributed by atoms with Gasteiger partial charge in [0, 0.05) is 17.5 Å². The molecule has 1 aromatic carbocycles. The summed E-state index contributed by atoms with van der Waals surface area (Å²) in [6.45, 7) is 2.70. The Labute approximate surface area is 149 Å². The summed E-state index contributed by atoms with van der Waals surface area (Å²) in [6, 6.07) is 14.2. The lowest BCUT2D eigenvalue weighted by Crippen LogP contribution is -2.39. The Morgan fingerprint density at radius 1 is 1.16 bits per heavy atom. The lowest BCUT2D eigenvalue weighted by atomic mass is 10.0. The van der Waals surface area contributed by atoms with Crippen LogP contribution in [0.3, 0.4) is 0 Å². The molecular weight excluding hydrogens is 334 g/mol. The van der Waals surface area contributed by atoms with Gasteiger partial charge in [0.1, 0.15) is 5.69 Å². The third-order valence-electron chi connectivity index (χ3n) is 4.56. The second kappa shape index (κ2) is 6.29. The monoisotopic (exact) mass is 351 g/mol. The summed E-state index contributed by atoms with van der Waals surface area (Å²) in [4.78, 5) is 28.3. The molecular formula is C19H17N3O2S. The van der Waals surface area contributed by atoms with Gasteiger partial charge in [0.15, 0.2) is 0 Å². The van der Waals surface area contributed by atoms with Crippen LogP contribution in [0.4, 0.5) is 0 Å². The molecule has 4 rings (SSSR count). The zero-order valence-electron chi connectivity index (χ0n) is 13.8. The molecule has 0 bridgehead atoms. The second-order valence-corrected chi connectivity index (χ2v) is 7.03. The first kappa shape index (κ1) is 15.8. The summed E-state index contributed by atoms with van der Waals surface area (Å²) < 4.78 is 1.28. The van der Waals surface area contributed by atoms with Gasteiger partial charge in [-0.2, -0.15) is 9.78 Å². The number of hydrogen-bond acceptors (Lipinski definition) is 4. The van der Waals surface area contributed by atoms with Crippen LogP contribution in [-0.4, -0.2) is 27.1 Å². The molecule has 5 nitrogen and oxygen atoms in total. The highest BCUT2D eigenvalue weighted by Gasteiger charge is 2.29. The molecule has 1 aliphatic heterocycles. The zero-order valence-corrected chi connectivity index (χ0v) is 14.6. The third-order valence-corrected chi connectivity index (χ3v) is 5.55. The minimum atomic E-state index is -0.255. The Hall–Kier alpha value is -2.73. The van der Waals surface area contributed by atoms with Gasteiger partial charge in [-0.1, -0.05) is 18.2 Å². The van der Waals surface area contributed by atoms with Crippen molar-refractivity contribution in [1.29, 1.82) is 0 Å². The second-order valence-electron chi connectivity index (χ2n) is 6.03.